The second kappa shape index (κ2) is 8.10. The zero-order chi connectivity index (χ0) is 21.3. The van der Waals surface area contributed by atoms with Crippen LogP contribution in [0.2, 0.25) is 0 Å². The fourth-order valence-corrected chi connectivity index (χ4v) is 3.67. The lowest BCUT2D eigenvalue weighted by Crippen LogP contribution is -2.07. The molecule has 0 fully saturated rings. The number of hydrogen-bond acceptors (Lipinski definition) is 3. The molecular weight excluding hydrogens is 421 g/mol. The molecule has 0 saturated heterocycles. The summed E-state index contributed by atoms with van der Waals surface area (Å²) in [7, 11) is 0. The first-order valence-electron chi connectivity index (χ1n) is 8.91. The van der Waals surface area contributed by atoms with E-state index in [4.69, 9.17) is 4.74 Å². The van der Waals surface area contributed by atoms with Crippen LogP contribution in [0.25, 0.3) is 11.1 Å². The van der Waals surface area contributed by atoms with Crippen LogP contribution in [-0.2, 0) is 4.74 Å². The Morgan fingerprint density at radius 2 is 1.40 bits per heavy atom. The topological polar surface area (TPSA) is 21.6 Å². The molecule has 1 aliphatic rings. The highest BCUT2D eigenvalue weighted by Gasteiger charge is 2.29. The quantitative estimate of drug-likeness (QED) is 0.334. The number of hydrogen-bond donors (Lipinski definition) is 0. The van der Waals surface area contributed by atoms with Crippen LogP contribution < -0.4 is 0 Å². The maximum Gasteiger partial charge on any atom is 0.446 e. The Morgan fingerprint density at radius 1 is 0.833 bits per heavy atom. The third-order valence-corrected chi connectivity index (χ3v) is 5.28. The van der Waals surface area contributed by atoms with Crippen LogP contribution in [0.3, 0.4) is 0 Å². The average molecular weight is 435 g/mol. The van der Waals surface area contributed by atoms with E-state index >= 15 is 0 Å². The molecule has 1 unspecified atom stereocenters. The van der Waals surface area contributed by atoms with Crippen molar-refractivity contribution in [2.45, 2.75) is 16.4 Å². The Kier molecular flexibility index (Phi) is 5.51. The summed E-state index contributed by atoms with van der Waals surface area (Å²) in [5, 5.41) is 0. The molecule has 0 aliphatic carbocycles. The highest BCUT2D eigenvalue weighted by atomic mass is 32.2. The van der Waals surface area contributed by atoms with Gasteiger partial charge in [0.15, 0.2) is 0 Å². The maximum absolute atomic E-state index is 13.9. The molecule has 1 heterocycles. The van der Waals surface area contributed by atoms with Crippen molar-refractivity contribution in [3.8, 4) is 11.1 Å². The lowest BCUT2D eigenvalue weighted by molar-refractivity contribution is -0.0328. The Hall–Kier alpha value is -2.87. The molecule has 3 aromatic rings. The second-order valence-electron chi connectivity index (χ2n) is 6.55. The van der Waals surface area contributed by atoms with Gasteiger partial charge in [0.2, 0.25) is 5.90 Å². The summed E-state index contributed by atoms with van der Waals surface area (Å²) in [4.78, 5) is 4.42. The van der Waals surface area contributed by atoms with Crippen molar-refractivity contribution in [3.05, 3.63) is 89.5 Å². The summed E-state index contributed by atoms with van der Waals surface area (Å²) >= 11 is -0.158. The molecule has 30 heavy (non-hydrogen) atoms. The lowest BCUT2D eigenvalue weighted by atomic mass is 10.0. The van der Waals surface area contributed by atoms with Gasteiger partial charge in [-0.05, 0) is 52.7 Å². The van der Waals surface area contributed by atoms with Crippen molar-refractivity contribution >= 4 is 17.7 Å². The Morgan fingerprint density at radius 3 is 1.97 bits per heavy atom. The van der Waals surface area contributed by atoms with Crippen molar-refractivity contribution < 1.29 is 26.7 Å². The van der Waals surface area contributed by atoms with Gasteiger partial charge in [-0.2, -0.15) is 13.2 Å². The van der Waals surface area contributed by atoms with Crippen LogP contribution >= 0.6 is 11.8 Å². The Bertz CT molecular complexity index is 1060. The lowest BCUT2D eigenvalue weighted by Gasteiger charge is -2.09. The number of thioether (sulfide) groups is 1. The first kappa shape index (κ1) is 20.4. The molecule has 1 atom stereocenters. The van der Waals surface area contributed by atoms with Crippen LogP contribution in [0.4, 0.5) is 22.0 Å². The van der Waals surface area contributed by atoms with Gasteiger partial charge in [0.05, 0.1) is 0 Å². The molecule has 1 aliphatic heterocycles. The summed E-state index contributed by atoms with van der Waals surface area (Å²) in [5.74, 6) is -1.55. The van der Waals surface area contributed by atoms with Gasteiger partial charge in [-0.15, -0.1) is 0 Å². The normalized spacial score (nSPS) is 16.3. The third kappa shape index (κ3) is 4.48. The largest absolute Gasteiger partial charge is 0.475 e. The third-order valence-electron chi connectivity index (χ3n) is 4.54. The van der Waals surface area contributed by atoms with Gasteiger partial charge in [0, 0.05) is 4.90 Å². The number of nitrogens with zero attached hydrogens (tertiary/aromatic N) is 1. The van der Waals surface area contributed by atoms with Crippen LogP contribution in [0.5, 0.6) is 0 Å². The smallest absolute Gasteiger partial charge is 0.446 e. The number of halogens is 5. The van der Waals surface area contributed by atoms with Crippen LogP contribution in [0.1, 0.15) is 17.2 Å². The highest BCUT2D eigenvalue weighted by Crippen LogP contribution is 2.37. The number of ether oxygens (including phenoxy) is 1. The zero-order valence-corrected chi connectivity index (χ0v) is 16.1. The SMILES string of the molecule is Fc1cccc(F)c1C1=NC(c2ccc(-c3ccc(SC(F)(F)F)cc3)cc2)CO1. The molecular formula is C22H14F5NOS. The first-order chi connectivity index (χ1) is 14.3. The van der Waals surface area contributed by atoms with Crippen LogP contribution in [0, 0.1) is 11.6 Å². The molecule has 0 aromatic heterocycles. The Balaban J connectivity index is 1.51. The van der Waals surface area contributed by atoms with Gasteiger partial charge in [-0.25, -0.2) is 13.8 Å². The molecule has 3 aromatic carbocycles. The summed E-state index contributed by atoms with van der Waals surface area (Å²) < 4.78 is 70.6. The van der Waals surface area contributed by atoms with Crippen molar-refractivity contribution in [3.63, 3.8) is 0 Å². The fourth-order valence-electron chi connectivity index (χ4n) is 3.13. The predicted octanol–water partition coefficient (Wildman–Crippen LogP) is 6.76. The minimum Gasteiger partial charge on any atom is -0.475 e. The predicted molar refractivity (Wildman–Crippen MR) is 105 cm³/mol. The molecule has 154 valence electrons. The molecule has 0 amide bonds. The molecule has 0 spiro atoms. The highest BCUT2D eigenvalue weighted by molar-refractivity contribution is 8.00. The monoisotopic (exact) mass is 435 g/mol. The zero-order valence-electron chi connectivity index (χ0n) is 15.3. The van der Waals surface area contributed by atoms with E-state index in [0.717, 1.165) is 28.8 Å². The summed E-state index contributed by atoms with van der Waals surface area (Å²) in [5.41, 5.74) is -2.21. The molecule has 4 rings (SSSR count). The van der Waals surface area contributed by atoms with E-state index in [-0.39, 0.29) is 34.7 Å². The van der Waals surface area contributed by atoms with Gasteiger partial charge < -0.3 is 4.74 Å². The van der Waals surface area contributed by atoms with Gasteiger partial charge >= 0.3 is 5.51 Å². The number of alkyl halides is 3. The van der Waals surface area contributed by atoms with Gasteiger partial charge in [-0.1, -0.05) is 42.5 Å². The molecule has 0 N–H and O–H groups in total. The standard InChI is InChI=1S/C22H14F5NOS/c23-17-2-1-3-18(24)20(17)21-28-19(12-29-21)15-6-4-13(5-7-15)14-8-10-16(11-9-14)30-22(25,26)27/h1-11,19H,12H2. The van der Waals surface area contributed by atoms with Crippen molar-refractivity contribution in [2.75, 3.05) is 6.61 Å². The van der Waals surface area contributed by atoms with Gasteiger partial charge in [0.25, 0.3) is 0 Å². The van der Waals surface area contributed by atoms with Crippen molar-refractivity contribution in [1.82, 2.24) is 0 Å². The van der Waals surface area contributed by atoms with Gasteiger partial charge in [-0.3, -0.25) is 0 Å². The van der Waals surface area contributed by atoms with E-state index in [1.165, 1.54) is 18.2 Å². The number of benzene rings is 3. The fraction of sp³-hybridized carbons (Fsp3) is 0.136. The van der Waals surface area contributed by atoms with Gasteiger partial charge in [0.1, 0.15) is 29.8 Å². The Labute approximate surface area is 173 Å². The van der Waals surface area contributed by atoms with E-state index in [1.54, 1.807) is 12.1 Å². The first-order valence-corrected chi connectivity index (χ1v) is 9.73. The molecule has 0 radical (unpaired) electrons. The summed E-state index contributed by atoms with van der Waals surface area (Å²) in [6.07, 6.45) is 0. The minimum atomic E-state index is -4.32. The molecule has 2 nitrogen and oxygen atoms in total. The average Bonchev–Trinajstić information content (AvgIpc) is 3.17. The van der Waals surface area contributed by atoms with Crippen LogP contribution in [0.15, 0.2) is 76.6 Å². The molecule has 0 bridgehead atoms. The molecule has 8 heteroatoms. The number of aliphatic imine (C=N–C) groups is 1. The maximum atomic E-state index is 13.9. The summed E-state index contributed by atoms with van der Waals surface area (Å²) in [6.45, 7) is 0.159. The van der Waals surface area contributed by atoms with Crippen molar-refractivity contribution in [2.24, 2.45) is 4.99 Å². The van der Waals surface area contributed by atoms with E-state index in [2.05, 4.69) is 4.99 Å². The minimum absolute atomic E-state index is 0.0718. The van der Waals surface area contributed by atoms with E-state index in [1.807, 2.05) is 24.3 Å². The number of rotatable bonds is 4. The molecule has 0 saturated carbocycles. The second-order valence-corrected chi connectivity index (χ2v) is 7.69. The van der Waals surface area contributed by atoms with Crippen LogP contribution in [-0.4, -0.2) is 18.0 Å². The van der Waals surface area contributed by atoms with Crippen molar-refractivity contribution in [1.29, 1.82) is 0 Å². The van der Waals surface area contributed by atoms with E-state index < -0.39 is 23.2 Å². The van der Waals surface area contributed by atoms with E-state index in [9.17, 15) is 22.0 Å². The summed E-state index contributed by atoms with van der Waals surface area (Å²) in [6, 6.07) is 16.5. The van der Waals surface area contributed by atoms with E-state index in [0.29, 0.717) is 0 Å².